The molecule has 0 aromatic carbocycles. The quantitative estimate of drug-likeness (QED) is 0.332. The van der Waals surface area contributed by atoms with Gasteiger partial charge in [-0.1, -0.05) is 0 Å². The van der Waals surface area contributed by atoms with Crippen molar-refractivity contribution in [3.8, 4) is 12.1 Å². The summed E-state index contributed by atoms with van der Waals surface area (Å²) < 4.78 is 22.1. The zero-order valence-corrected chi connectivity index (χ0v) is 13.6. The van der Waals surface area contributed by atoms with Gasteiger partial charge in [-0.25, -0.2) is 13.1 Å². The van der Waals surface area contributed by atoms with Gasteiger partial charge in [-0.05, 0) is 0 Å². The van der Waals surface area contributed by atoms with Crippen LogP contribution in [-0.2, 0) is 18.9 Å². The molecule has 0 amide bonds. The summed E-state index contributed by atoms with van der Waals surface area (Å²) in [5.74, 6) is 0. The Kier molecular flexibility index (Phi) is 15.6. The first-order valence-electron chi connectivity index (χ1n) is 7.59. The van der Waals surface area contributed by atoms with Crippen molar-refractivity contribution >= 4 is 0 Å². The van der Waals surface area contributed by atoms with Gasteiger partial charge in [-0.2, -0.15) is 10.5 Å². The van der Waals surface area contributed by atoms with Crippen LogP contribution in [0, 0.1) is 35.8 Å². The van der Waals surface area contributed by atoms with Gasteiger partial charge in [0.1, 0.15) is 25.4 Å². The smallest absolute Gasteiger partial charge is 0.237 e. The Morgan fingerprint density at radius 2 is 1.25 bits per heavy atom. The highest BCUT2D eigenvalue weighted by atomic mass is 16.6. The third-order valence-electron chi connectivity index (χ3n) is 2.77. The van der Waals surface area contributed by atoms with Crippen LogP contribution in [0.2, 0.25) is 0 Å². The Morgan fingerprint density at radius 1 is 0.750 bits per heavy atom. The van der Waals surface area contributed by atoms with Crippen LogP contribution < -0.4 is 0 Å². The minimum atomic E-state index is -0.476. The fourth-order valence-corrected chi connectivity index (χ4v) is 1.66. The Morgan fingerprint density at radius 3 is 1.83 bits per heavy atom. The zero-order valence-electron chi connectivity index (χ0n) is 13.6. The average molecular weight is 334 g/mol. The van der Waals surface area contributed by atoms with E-state index in [2.05, 4.69) is 9.69 Å². The Hall–Kier alpha value is -2.20. The Bertz CT molecular complexity index is 428. The standard InChI is InChI=1S/C16H22N4O4/c1-19-7-11-22-14-16(24-12-8-20-2)15(23-10-4-6-18)13-21-9-3-5-17/h15-16H,3-4,7-14H2. The van der Waals surface area contributed by atoms with Gasteiger partial charge in [0.2, 0.25) is 13.1 Å². The van der Waals surface area contributed by atoms with E-state index in [-0.39, 0.29) is 65.6 Å². The molecule has 0 saturated carbocycles. The first kappa shape index (κ1) is 21.8. The first-order valence-corrected chi connectivity index (χ1v) is 7.59. The van der Waals surface area contributed by atoms with Crippen molar-refractivity contribution in [1.29, 1.82) is 10.5 Å². The van der Waals surface area contributed by atoms with E-state index in [0.717, 1.165) is 0 Å². The largest absolute Gasteiger partial charge is 0.378 e. The van der Waals surface area contributed by atoms with E-state index in [1.807, 2.05) is 12.1 Å². The summed E-state index contributed by atoms with van der Waals surface area (Å²) in [4.78, 5) is 6.44. The molecule has 0 fully saturated rings. The van der Waals surface area contributed by atoms with E-state index in [1.54, 1.807) is 0 Å². The van der Waals surface area contributed by atoms with Crippen LogP contribution in [0.3, 0.4) is 0 Å². The Balaban J connectivity index is 4.59. The van der Waals surface area contributed by atoms with Crippen molar-refractivity contribution in [2.45, 2.75) is 25.0 Å². The topological polar surface area (TPSA) is 93.2 Å². The molecule has 0 bridgehead atoms. The second-order valence-electron chi connectivity index (χ2n) is 4.55. The summed E-state index contributed by atoms with van der Waals surface area (Å²) in [6.45, 7) is 15.4. The fraction of sp³-hybridized carbons (Fsp3) is 0.750. The van der Waals surface area contributed by atoms with E-state index in [1.165, 1.54) is 0 Å². The van der Waals surface area contributed by atoms with Gasteiger partial charge in [0, 0.05) is 0 Å². The van der Waals surface area contributed by atoms with E-state index < -0.39 is 12.2 Å². The molecule has 0 aliphatic rings. The predicted octanol–water partition coefficient (Wildman–Crippen LogP) is 1.46. The summed E-state index contributed by atoms with van der Waals surface area (Å²) in [6, 6.07) is 3.98. The van der Waals surface area contributed by atoms with Crippen molar-refractivity contribution in [1.82, 2.24) is 0 Å². The second kappa shape index (κ2) is 17.2. The summed E-state index contributed by atoms with van der Waals surface area (Å²) in [5.41, 5.74) is 0. The van der Waals surface area contributed by atoms with E-state index in [4.69, 9.17) is 42.6 Å². The number of hydrogen-bond donors (Lipinski definition) is 0. The van der Waals surface area contributed by atoms with Crippen LogP contribution in [0.5, 0.6) is 0 Å². The molecule has 2 unspecified atom stereocenters. The number of nitrogens with zero attached hydrogens (tertiary/aromatic N) is 4. The summed E-state index contributed by atoms with van der Waals surface area (Å²) >= 11 is 0. The van der Waals surface area contributed by atoms with Crippen molar-refractivity contribution in [3.63, 3.8) is 0 Å². The number of ether oxygens (including phenoxy) is 4. The monoisotopic (exact) mass is 334 g/mol. The second-order valence-corrected chi connectivity index (χ2v) is 4.55. The summed E-state index contributed by atoms with van der Waals surface area (Å²) in [7, 11) is 0. The lowest BCUT2D eigenvalue weighted by atomic mass is 10.2. The van der Waals surface area contributed by atoms with Crippen LogP contribution in [0.4, 0.5) is 0 Å². The molecular weight excluding hydrogens is 312 g/mol. The molecule has 0 radical (unpaired) electrons. The highest BCUT2D eigenvalue weighted by molar-refractivity contribution is 4.75. The minimum Gasteiger partial charge on any atom is -0.378 e. The van der Waals surface area contributed by atoms with Gasteiger partial charge < -0.3 is 28.6 Å². The highest BCUT2D eigenvalue weighted by Gasteiger charge is 2.24. The Labute approximate surface area is 143 Å². The molecule has 0 aliphatic carbocycles. The van der Waals surface area contributed by atoms with Crippen LogP contribution in [-0.4, -0.2) is 64.9 Å². The predicted molar refractivity (Wildman–Crippen MR) is 84.5 cm³/mol. The lowest BCUT2D eigenvalue weighted by Gasteiger charge is -2.26. The summed E-state index contributed by atoms with van der Waals surface area (Å²) in [5, 5.41) is 17.2. The maximum absolute atomic E-state index is 8.62. The van der Waals surface area contributed by atoms with Gasteiger partial charge in [0.05, 0.1) is 51.4 Å². The zero-order chi connectivity index (χ0) is 17.9. The molecule has 2 atom stereocenters. The lowest BCUT2D eigenvalue weighted by Crippen LogP contribution is -2.40. The van der Waals surface area contributed by atoms with Gasteiger partial charge >= 0.3 is 0 Å². The highest BCUT2D eigenvalue weighted by Crippen LogP contribution is 2.08. The van der Waals surface area contributed by atoms with Crippen LogP contribution >= 0.6 is 0 Å². The van der Waals surface area contributed by atoms with Crippen molar-refractivity contribution < 1.29 is 18.9 Å². The van der Waals surface area contributed by atoms with Crippen molar-refractivity contribution in [3.05, 3.63) is 22.8 Å². The first-order chi connectivity index (χ1) is 11.8. The normalized spacial score (nSPS) is 12.3. The van der Waals surface area contributed by atoms with Gasteiger partial charge in [0.15, 0.2) is 0 Å². The van der Waals surface area contributed by atoms with Crippen LogP contribution in [0.1, 0.15) is 12.8 Å². The molecule has 0 aromatic heterocycles. The average Bonchev–Trinajstić information content (AvgIpc) is 2.59. The fourth-order valence-electron chi connectivity index (χ4n) is 1.66. The van der Waals surface area contributed by atoms with E-state index in [0.29, 0.717) is 0 Å². The van der Waals surface area contributed by atoms with Gasteiger partial charge in [0.25, 0.3) is 0 Å². The van der Waals surface area contributed by atoms with Crippen molar-refractivity contribution in [2.75, 3.05) is 52.7 Å². The third-order valence-corrected chi connectivity index (χ3v) is 2.77. The molecule has 0 spiro atoms. The lowest BCUT2D eigenvalue weighted by molar-refractivity contribution is -0.123. The maximum atomic E-state index is 8.62. The SMILES string of the molecule is [C-]#[N+]CCOCC(OCC[N+]#[C-])C(COCCC#N)OCCC#N. The minimum absolute atomic E-state index is 0.196. The summed E-state index contributed by atoms with van der Waals surface area (Å²) in [6.07, 6.45) is -0.438. The van der Waals surface area contributed by atoms with Gasteiger partial charge in [-0.3, -0.25) is 0 Å². The molecule has 0 aromatic rings. The van der Waals surface area contributed by atoms with E-state index in [9.17, 15) is 0 Å². The molecule has 0 heterocycles. The van der Waals surface area contributed by atoms with Crippen LogP contribution in [0.25, 0.3) is 9.69 Å². The number of nitriles is 2. The van der Waals surface area contributed by atoms with Gasteiger partial charge in [-0.15, -0.1) is 0 Å². The molecule has 130 valence electrons. The molecule has 24 heavy (non-hydrogen) atoms. The molecule has 0 rings (SSSR count). The molecule has 0 N–H and O–H groups in total. The maximum Gasteiger partial charge on any atom is 0.237 e. The molecule has 8 heteroatoms. The number of hydrogen-bond acceptors (Lipinski definition) is 6. The third kappa shape index (κ3) is 12.4. The molecular formula is C16H22N4O4. The van der Waals surface area contributed by atoms with Crippen LogP contribution in [0.15, 0.2) is 0 Å². The van der Waals surface area contributed by atoms with E-state index >= 15 is 0 Å². The van der Waals surface area contributed by atoms with Crippen molar-refractivity contribution in [2.24, 2.45) is 0 Å². The number of rotatable bonds is 15. The molecule has 0 saturated heterocycles. The molecule has 0 aliphatic heterocycles. The molecule has 8 nitrogen and oxygen atoms in total.